The van der Waals surface area contributed by atoms with Crippen molar-refractivity contribution in [2.45, 2.75) is 6.54 Å². The predicted octanol–water partition coefficient (Wildman–Crippen LogP) is 3.57. The Morgan fingerprint density at radius 1 is 1.40 bits per heavy atom. The van der Waals surface area contributed by atoms with Crippen molar-refractivity contribution >= 4 is 44.0 Å². The molecule has 0 amide bonds. The standard InChI is InChI=1S/C9H7BrClN3S/c10-8-13-14-9(15-8)12-5-6-2-1-3-7(11)4-6/h1-4H,5H2,(H,12,14). The average molecular weight is 305 g/mol. The van der Waals surface area contributed by atoms with Gasteiger partial charge in [0, 0.05) is 11.6 Å². The summed E-state index contributed by atoms with van der Waals surface area (Å²) in [5.74, 6) is 0. The first-order chi connectivity index (χ1) is 7.24. The normalized spacial score (nSPS) is 10.3. The van der Waals surface area contributed by atoms with E-state index in [-0.39, 0.29) is 0 Å². The van der Waals surface area contributed by atoms with E-state index in [0.717, 1.165) is 19.6 Å². The number of rotatable bonds is 3. The number of aromatic nitrogens is 2. The molecule has 1 N–H and O–H groups in total. The van der Waals surface area contributed by atoms with Gasteiger partial charge in [-0.3, -0.25) is 0 Å². The van der Waals surface area contributed by atoms with Crippen molar-refractivity contribution < 1.29 is 0 Å². The van der Waals surface area contributed by atoms with Crippen LogP contribution in [0.5, 0.6) is 0 Å². The molecule has 3 nitrogen and oxygen atoms in total. The van der Waals surface area contributed by atoms with Crippen LogP contribution in [0.4, 0.5) is 5.13 Å². The lowest BCUT2D eigenvalue weighted by Gasteiger charge is -2.02. The van der Waals surface area contributed by atoms with Crippen LogP contribution in [0, 0.1) is 0 Å². The third-order valence-electron chi connectivity index (χ3n) is 1.73. The molecule has 0 radical (unpaired) electrons. The number of nitrogens with zero attached hydrogens (tertiary/aromatic N) is 2. The number of halogens is 2. The molecule has 0 saturated carbocycles. The highest BCUT2D eigenvalue weighted by molar-refractivity contribution is 9.11. The summed E-state index contributed by atoms with van der Waals surface area (Å²) in [5.41, 5.74) is 1.12. The van der Waals surface area contributed by atoms with Crippen molar-refractivity contribution in [3.8, 4) is 0 Å². The molecule has 0 aliphatic carbocycles. The predicted molar refractivity (Wildman–Crippen MR) is 66.4 cm³/mol. The van der Waals surface area contributed by atoms with Gasteiger partial charge in [-0.15, -0.1) is 10.2 Å². The van der Waals surface area contributed by atoms with Gasteiger partial charge in [0.15, 0.2) is 3.92 Å². The van der Waals surface area contributed by atoms with E-state index in [1.165, 1.54) is 11.3 Å². The van der Waals surface area contributed by atoms with Gasteiger partial charge < -0.3 is 5.32 Å². The van der Waals surface area contributed by atoms with Gasteiger partial charge in [0.1, 0.15) is 0 Å². The summed E-state index contributed by atoms with van der Waals surface area (Å²) >= 11 is 10.6. The van der Waals surface area contributed by atoms with Gasteiger partial charge in [-0.25, -0.2) is 0 Å². The first-order valence-corrected chi connectivity index (χ1v) is 6.20. The summed E-state index contributed by atoms with van der Waals surface area (Å²) in [4.78, 5) is 0. The Labute approximate surface area is 105 Å². The molecule has 0 unspecified atom stereocenters. The van der Waals surface area contributed by atoms with Crippen molar-refractivity contribution in [3.05, 3.63) is 38.8 Å². The van der Waals surface area contributed by atoms with Gasteiger partial charge in [-0.05, 0) is 33.6 Å². The van der Waals surface area contributed by atoms with Crippen LogP contribution in [0.1, 0.15) is 5.56 Å². The van der Waals surface area contributed by atoms with Crippen LogP contribution in [0.2, 0.25) is 5.02 Å². The molecular formula is C9H7BrClN3S. The van der Waals surface area contributed by atoms with E-state index in [0.29, 0.717) is 6.54 Å². The highest BCUT2D eigenvalue weighted by Gasteiger charge is 2.00. The highest BCUT2D eigenvalue weighted by atomic mass is 79.9. The first kappa shape index (κ1) is 10.9. The monoisotopic (exact) mass is 303 g/mol. The van der Waals surface area contributed by atoms with Crippen molar-refractivity contribution in [2.75, 3.05) is 5.32 Å². The Kier molecular flexibility index (Phi) is 3.56. The summed E-state index contributed by atoms with van der Waals surface area (Å²) in [5, 5.41) is 12.5. The Balaban J connectivity index is 1.99. The van der Waals surface area contributed by atoms with Gasteiger partial charge >= 0.3 is 0 Å². The van der Waals surface area contributed by atoms with E-state index < -0.39 is 0 Å². The van der Waals surface area contributed by atoms with E-state index >= 15 is 0 Å². The largest absolute Gasteiger partial charge is 0.356 e. The SMILES string of the molecule is Clc1cccc(CNc2nnc(Br)s2)c1. The molecule has 15 heavy (non-hydrogen) atoms. The minimum Gasteiger partial charge on any atom is -0.356 e. The summed E-state index contributed by atoms with van der Waals surface area (Å²) in [6.45, 7) is 0.697. The molecule has 0 spiro atoms. The van der Waals surface area contributed by atoms with Crippen molar-refractivity contribution in [1.29, 1.82) is 0 Å². The molecule has 0 fully saturated rings. The second-order valence-electron chi connectivity index (χ2n) is 2.84. The van der Waals surface area contributed by atoms with Crippen molar-refractivity contribution in [2.24, 2.45) is 0 Å². The minimum absolute atomic E-state index is 0.697. The number of hydrogen-bond donors (Lipinski definition) is 1. The summed E-state index contributed by atoms with van der Waals surface area (Å²) in [7, 11) is 0. The fourth-order valence-electron chi connectivity index (χ4n) is 1.10. The van der Waals surface area contributed by atoms with Crippen molar-refractivity contribution in [3.63, 3.8) is 0 Å². The van der Waals surface area contributed by atoms with E-state index in [4.69, 9.17) is 11.6 Å². The molecule has 6 heteroatoms. The zero-order valence-electron chi connectivity index (χ0n) is 7.58. The Hall–Kier alpha value is -0.650. The molecule has 2 rings (SSSR count). The lowest BCUT2D eigenvalue weighted by atomic mass is 10.2. The number of hydrogen-bond acceptors (Lipinski definition) is 4. The second-order valence-corrected chi connectivity index (χ2v) is 5.53. The van der Waals surface area contributed by atoms with Crippen LogP contribution in [0.3, 0.4) is 0 Å². The Morgan fingerprint density at radius 2 is 2.27 bits per heavy atom. The maximum Gasteiger partial charge on any atom is 0.206 e. The zero-order valence-corrected chi connectivity index (χ0v) is 10.7. The molecule has 1 aromatic carbocycles. The summed E-state index contributed by atoms with van der Waals surface area (Å²) < 4.78 is 0.774. The second kappa shape index (κ2) is 4.92. The van der Waals surface area contributed by atoms with Gasteiger partial charge in [0.05, 0.1) is 0 Å². The number of benzene rings is 1. The lowest BCUT2D eigenvalue weighted by Crippen LogP contribution is -1.98. The first-order valence-electron chi connectivity index (χ1n) is 4.21. The third kappa shape index (κ3) is 3.15. The van der Waals surface area contributed by atoms with E-state index in [2.05, 4.69) is 31.4 Å². The third-order valence-corrected chi connectivity index (χ3v) is 3.28. The molecular weight excluding hydrogens is 298 g/mol. The summed E-state index contributed by atoms with van der Waals surface area (Å²) in [6.07, 6.45) is 0. The molecule has 0 atom stereocenters. The molecule has 0 saturated heterocycles. The Bertz CT molecular complexity index is 460. The van der Waals surface area contributed by atoms with Gasteiger partial charge in [-0.1, -0.05) is 35.1 Å². The summed E-state index contributed by atoms with van der Waals surface area (Å²) in [6, 6.07) is 7.71. The van der Waals surface area contributed by atoms with Gasteiger partial charge in [0.25, 0.3) is 0 Å². The van der Waals surface area contributed by atoms with E-state index in [1.54, 1.807) is 0 Å². The average Bonchev–Trinajstić information content (AvgIpc) is 2.62. The lowest BCUT2D eigenvalue weighted by molar-refractivity contribution is 1.04. The maximum absolute atomic E-state index is 5.87. The van der Waals surface area contributed by atoms with Crippen LogP contribution in [-0.2, 0) is 6.54 Å². The van der Waals surface area contributed by atoms with Crippen molar-refractivity contribution in [1.82, 2.24) is 10.2 Å². The zero-order chi connectivity index (χ0) is 10.7. The van der Waals surface area contributed by atoms with E-state index in [9.17, 15) is 0 Å². The topological polar surface area (TPSA) is 37.8 Å². The number of nitrogens with one attached hydrogen (secondary N) is 1. The van der Waals surface area contributed by atoms with Crippen LogP contribution in [0.15, 0.2) is 28.2 Å². The smallest absolute Gasteiger partial charge is 0.206 e. The van der Waals surface area contributed by atoms with Gasteiger partial charge in [0.2, 0.25) is 5.13 Å². The van der Waals surface area contributed by atoms with Gasteiger partial charge in [-0.2, -0.15) is 0 Å². The maximum atomic E-state index is 5.87. The molecule has 0 bridgehead atoms. The molecule has 2 aromatic rings. The molecule has 1 aromatic heterocycles. The minimum atomic E-state index is 0.697. The van der Waals surface area contributed by atoms with Crippen LogP contribution < -0.4 is 5.32 Å². The molecule has 78 valence electrons. The molecule has 0 aliphatic heterocycles. The van der Waals surface area contributed by atoms with Crippen LogP contribution in [-0.4, -0.2) is 10.2 Å². The fourth-order valence-corrected chi connectivity index (χ4v) is 2.32. The van der Waals surface area contributed by atoms with Crippen LogP contribution in [0.25, 0.3) is 0 Å². The van der Waals surface area contributed by atoms with E-state index in [1.807, 2.05) is 24.3 Å². The number of anilines is 1. The quantitative estimate of drug-likeness (QED) is 0.942. The highest BCUT2D eigenvalue weighted by Crippen LogP contribution is 2.21. The molecule has 1 heterocycles. The fraction of sp³-hybridized carbons (Fsp3) is 0.111. The molecule has 0 aliphatic rings. The van der Waals surface area contributed by atoms with Crippen LogP contribution >= 0.6 is 38.9 Å². The Morgan fingerprint density at radius 3 is 2.93 bits per heavy atom.